The van der Waals surface area contributed by atoms with Crippen molar-refractivity contribution in [3.05, 3.63) is 59.4 Å². The van der Waals surface area contributed by atoms with Crippen molar-refractivity contribution in [2.24, 2.45) is 0 Å². The van der Waals surface area contributed by atoms with Gasteiger partial charge in [0.2, 0.25) is 5.91 Å². The minimum atomic E-state index is -0.409. The molecule has 1 N–H and O–H groups in total. The minimum absolute atomic E-state index is 0.122. The summed E-state index contributed by atoms with van der Waals surface area (Å²) in [5.74, 6) is -0.255. The highest BCUT2D eigenvalue weighted by Gasteiger charge is 2.39. The van der Waals surface area contributed by atoms with Gasteiger partial charge in [-0.05, 0) is 36.8 Å². The summed E-state index contributed by atoms with van der Waals surface area (Å²) in [6.45, 7) is 2.86. The molecule has 130 valence electrons. The molecular weight excluding hydrogens is 318 g/mol. The molecule has 0 spiro atoms. The third-order valence-electron chi connectivity index (χ3n) is 4.20. The van der Waals surface area contributed by atoms with E-state index in [0.717, 1.165) is 11.3 Å². The van der Waals surface area contributed by atoms with E-state index in [2.05, 4.69) is 10.3 Å². The molecule has 1 aromatic carbocycles. The standard InChI is InChI=1S/C19H21N3O3/c1-13-5-3-6-14(11-13)22-16(12-17(23)20-9-10-25-2)18-15(19(22)24)7-4-8-21-18/h3-8,11,16H,9-10,12H2,1-2H3,(H,20,23)/t16-/m1/s1. The Hall–Kier alpha value is -2.73. The summed E-state index contributed by atoms with van der Waals surface area (Å²) < 4.78 is 4.95. The lowest BCUT2D eigenvalue weighted by atomic mass is 10.1. The van der Waals surface area contributed by atoms with Crippen LogP contribution in [0.15, 0.2) is 42.6 Å². The molecule has 1 atom stereocenters. The number of anilines is 1. The number of aromatic nitrogens is 1. The molecule has 6 heteroatoms. The molecule has 6 nitrogen and oxygen atoms in total. The number of carbonyl (C=O) groups excluding carboxylic acids is 2. The molecule has 2 amide bonds. The van der Waals surface area contributed by atoms with Gasteiger partial charge < -0.3 is 10.1 Å². The Morgan fingerprint density at radius 3 is 2.92 bits per heavy atom. The lowest BCUT2D eigenvalue weighted by Crippen LogP contribution is -2.34. The van der Waals surface area contributed by atoms with E-state index in [1.54, 1.807) is 30.3 Å². The van der Waals surface area contributed by atoms with Crippen molar-refractivity contribution in [3.63, 3.8) is 0 Å². The molecule has 0 bridgehead atoms. The van der Waals surface area contributed by atoms with E-state index >= 15 is 0 Å². The van der Waals surface area contributed by atoms with Crippen LogP contribution in [-0.4, -0.2) is 37.1 Å². The number of amides is 2. The zero-order chi connectivity index (χ0) is 17.8. The average Bonchev–Trinajstić information content (AvgIpc) is 2.88. The SMILES string of the molecule is COCCNC(=O)C[C@@H]1c2ncccc2C(=O)N1c1cccc(C)c1. The van der Waals surface area contributed by atoms with Crippen LogP contribution in [0.25, 0.3) is 0 Å². The van der Waals surface area contributed by atoms with Crippen LogP contribution in [0.2, 0.25) is 0 Å². The second-order valence-electron chi connectivity index (χ2n) is 6.01. The Morgan fingerprint density at radius 1 is 1.32 bits per heavy atom. The lowest BCUT2D eigenvalue weighted by molar-refractivity contribution is -0.121. The van der Waals surface area contributed by atoms with Gasteiger partial charge in [-0.25, -0.2) is 0 Å². The highest BCUT2D eigenvalue weighted by atomic mass is 16.5. The molecule has 0 unspecified atom stereocenters. The number of hydrogen-bond donors (Lipinski definition) is 1. The quantitative estimate of drug-likeness (QED) is 0.820. The molecular formula is C19H21N3O3. The predicted molar refractivity (Wildman–Crippen MR) is 94.5 cm³/mol. The summed E-state index contributed by atoms with van der Waals surface area (Å²) in [6.07, 6.45) is 1.81. The third-order valence-corrected chi connectivity index (χ3v) is 4.20. The number of rotatable bonds is 6. The van der Waals surface area contributed by atoms with Crippen molar-refractivity contribution in [3.8, 4) is 0 Å². The highest BCUT2D eigenvalue weighted by molar-refractivity contribution is 6.11. The van der Waals surface area contributed by atoms with Gasteiger partial charge in [0.1, 0.15) is 0 Å². The Bertz CT molecular complexity index is 791. The Labute approximate surface area is 146 Å². The number of ether oxygens (including phenoxy) is 1. The fourth-order valence-electron chi connectivity index (χ4n) is 3.06. The second kappa shape index (κ2) is 7.44. The van der Waals surface area contributed by atoms with E-state index in [-0.39, 0.29) is 18.2 Å². The summed E-state index contributed by atoms with van der Waals surface area (Å²) in [5.41, 5.74) is 3.03. The Balaban J connectivity index is 1.90. The van der Waals surface area contributed by atoms with Crippen molar-refractivity contribution in [2.75, 3.05) is 25.2 Å². The number of benzene rings is 1. The number of nitrogens with zero attached hydrogens (tertiary/aromatic N) is 2. The van der Waals surface area contributed by atoms with Crippen LogP contribution >= 0.6 is 0 Å². The fraction of sp³-hybridized carbons (Fsp3) is 0.316. The Morgan fingerprint density at radius 2 is 2.16 bits per heavy atom. The largest absolute Gasteiger partial charge is 0.383 e. The molecule has 1 aliphatic heterocycles. The van der Waals surface area contributed by atoms with E-state index in [0.29, 0.717) is 24.4 Å². The van der Waals surface area contributed by atoms with Crippen molar-refractivity contribution in [2.45, 2.75) is 19.4 Å². The summed E-state index contributed by atoms with van der Waals surface area (Å²) in [7, 11) is 1.58. The molecule has 0 radical (unpaired) electrons. The van der Waals surface area contributed by atoms with Crippen LogP contribution in [0.4, 0.5) is 5.69 Å². The van der Waals surface area contributed by atoms with Crippen molar-refractivity contribution < 1.29 is 14.3 Å². The first-order valence-electron chi connectivity index (χ1n) is 8.22. The molecule has 1 aliphatic rings. The number of hydrogen-bond acceptors (Lipinski definition) is 4. The number of pyridine rings is 1. The van der Waals surface area contributed by atoms with Crippen LogP contribution in [-0.2, 0) is 9.53 Å². The smallest absolute Gasteiger partial charge is 0.260 e. The van der Waals surface area contributed by atoms with Gasteiger partial charge in [0.15, 0.2) is 0 Å². The van der Waals surface area contributed by atoms with Gasteiger partial charge in [-0.15, -0.1) is 0 Å². The fourth-order valence-corrected chi connectivity index (χ4v) is 3.06. The van der Waals surface area contributed by atoms with Crippen LogP contribution in [0.5, 0.6) is 0 Å². The van der Waals surface area contributed by atoms with Crippen LogP contribution in [0.3, 0.4) is 0 Å². The molecule has 25 heavy (non-hydrogen) atoms. The first kappa shape index (κ1) is 17.1. The molecule has 0 aliphatic carbocycles. The van der Waals surface area contributed by atoms with Crippen LogP contribution < -0.4 is 10.2 Å². The number of methoxy groups -OCH3 is 1. The van der Waals surface area contributed by atoms with Gasteiger partial charge in [0.25, 0.3) is 5.91 Å². The molecule has 0 fully saturated rings. The maximum atomic E-state index is 12.9. The monoisotopic (exact) mass is 339 g/mol. The first-order chi connectivity index (χ1) is 12.1. The average molecular weight is 339 g/mol. The first-order valence-corrected chi connectivity index (χ1v) is 8.22. The molecule has 2 aromatic rings. The molecule has 2 heterocycles. The minimum Gasteiger partial charge on any atom is -0.383 e. The predicted octanol–water partition coefficient (Wildman–Crippen LogP) is 2.24. The van der Waals surface area contributed by atoms with E-state index < -0.39 is 6.04 Å². The third kappa shape index (κ3) is 3.53. The van der Waals surface area contributed by atoms with Gasteiger partial charge in [0.05, 0.1) is 30.3 Å². The zero-order valence-corrected chi connectivity index (χ0v) is 14.4. The number of aryl methyl sites for hydroxylation is 1. The van der Waals surface area contributed by atoms with Crippen LogP contribution in [0, 0.1) is 6.92 Å². The lowest BCUT2D eigenvalue weighted by Gasteiger charge is -2.25. The van der Waals surface area contributed by atoms with E-state index in [4.69, 9.17) is 4.74 Å². The Kier molecular flexibility index (Phi) is 5.09. The van der Waals surface area contributed by atoms with Gasteiger partial charge in [-0.3, -0.25) is 19.5 Å². The summed E-state index contributed by atoms with van der Waals surface area (Å²) >= 11 is 0. The topological polar surface area (TPSA) is 71.5 Å². The second-order valence-corrected chi connectivity index (χ2v) is 6.01. The summed E-state index contributed by atoms with van der Waals surface area (Å²) in [5, 5.41) is 2.81. The van der Waals surface area contributed by atoms with Gasteiger partial charge in [0, 0.05) is 25.5 Å². The van der Waals surface area contributed by atoms with Gasteiger partial charge in [-0.2, -0.15) is 0 Å². The highest BCUT2D eigenvalue weighted by Crippen LogP contribution is 2.38. The normalized spacial score (nSPS) is 16.0. The van der Waals surface area contributed by atoms with E-state index in [9.17, 15) is 9.59 Å². The number of carbonyl (C=O) groups is 2. The van der Waals surface area contributed by atoms with Gasteiger partial charge >= 0.3 is 0 Å². The molecule has 0 saturated heterocycles. The molecule has 3 rings (SSSR count). The van der Waals surface area contributed by atoms with Crippen molar-refractivity contribution in [1.82, 2.24) is 10.3 Å². The van der Waals surface area contributed by atoms with Crippen molar-refractivity contribution >= 4 is 17.5 Å². The summed E-state index contributed by atoms with van der Waals surface area (Å²) in [4.78, 5) is 31.2. The molecule has 0 saturated carbocycles. The van der Waals surface area contributed by atoms with Crippen molar-refractivity contribution in [1.29, 1.82) is 0 Å². The zero-order valence-electron chi connectivity index (χ0n) is 14.4. The maximum absolute atomic E-state index is 12.9. The number of fused-ring (bicyclic) bond motifs is 1. The maximum Gasteiger partial charge on any atom is 0.260 e. The molecule has 1 aromatic heterocycles. The number of nitrogens with one attached hydrogen (secondary N) is 1. The summed E-state index contributed by atoms with van der Waals surface area (Å²) in [6, 6.07) is 10.8. The van der Waals surface area contributed by atoms with Crippen LogP contribution in [0.1, 0.15) is 34.1 Å². The van der Waals surface area contributed by atoms with Gasteiger partial charge in [-0.1, -0.05) is 12.1 Å². The van der Waals surface area contributed by atoms with E-state index in [1.165, 1.54) is 0 Å². The van der Waals surface area contributed by atoms with E-state index in [1.807, 2.05) is 31.2 Å².